The van der Waals surface area contributed by atoms with Crippen molar-refractivity contribution in [1.82, 2.24) is 29.9 Å². The molecule has 0 radical (unpaired) electrons. The lowest BCUT2D eigenvalue weighted by atomic mass is 10.1. The standard InChI is InChI=1S/C20H25N7O/c1-14-10-15(2)27-20(23-14)24-17(25-27)12-19(28)22-13-16-6-7-21-18(11-16)26-8-4-3-5-9-26/h6-7,10-11H,3-5,8-9,12-13H2,1-2H3,(H,22,28). The molecule has 8 heteroatoms. The number of carbonyl (C=O) groups excluding carboxylic acids is 1. The van der Waals surface area contributed by atoms with Gasteiger partial charge in [0, 0.05) is 37.2 Å². The van der Waals surface area contributed by atoms with E-state index < -0.39 is 0 Å². The molecule has 0 atom stereocenters. The largest absolute Gasteiger partial charge is 0.357 e. The molecule has 146 valence electrons. The van der Waals surface area contributed by atoms with Crippen LogP contribution in [0.5, 0.6) is 0 Å². The Morgan fingerprint density at radius 1 is 1.14 bits per heavy atom. The lowest BCUT2D eigenvalue weighted by Gasteiger charge is -2.27. The Bertz CT molecular complexity index is 991. The van der Waals surface area contributed by atoms with Gasteiger partial charge in [0.2, 0.25) is 5.91 Å². The second-order valence-corrected chi connectivity index (χ2v) is 7.30. The van der Waals surface area contributed by atoms with E-state index in [1.54, 1.807) is 4.52 Å². The summed E-state index contributed by atoms with van der Waals surface area (Å²) in [5, 5.41) is 7.34. The maximum atomic E-state index is 12.4. The van der Waals surface area contributed by atoms with E-state index in [0.717, 1.165) is 35.9 Å². The molecule has 1 N–H and O–H groups in total. The Balaban J connectivity index is 1.37. The summed E-state index contributed by atoms with van der Waals surface area (Å²) in [5.41, 5.74) is 2.87. The number of pyridine rings is 1. The molecule has 0 aromatic carbocycles. The highest BCUT2D eigenvalue weighted by Gasteiger charge is 2.14. The summed E-state index contributed by atoms with van der Waals surface area (Å²) in [6.07, 6.45) is 5.65. The van der Waals surface area contributed by atoms with Crippen molar-refractivity contribution < 1.29 is 4.79 Å². The van der Waals surface area contributed by atoms with Gasteiger partial charge >= 0.3 is 0 Å². The number of hydrogen-bond donors (Lipinski definition) is 1. The zero-order valence-corrected chi connectivity index (χ0v) is 16.4. The SMILES string of the molecule is Cc1cc(C)n2nc(CC(=O)NCc3ccnc(N4CCCCC4)c3)nc2n1. The van der Waals surface area contributed by atoms with Crippen LogP contribution in [0.4, 0.5) is 5.82 Å². The molecule has 0 spiro atoms. The first-order valence-corrected chi connectivity index (χ1v) is 9.75. The number of fused-ring (bicyclic) bond motifs is 1. The minimum Gasteiger partial charge on any atom is -0.357 e. The van der Waals surface area contributed by atoms with E-state index in [1.165, 1.54) is 19.3 Å². The number of anilines is 1. The van der Waals surface area contributed by atoms with Crippen molar-refractivity contribution in [2.75, 3.05) is 18.0 Å². The van der Waals surface area contributed by atoms with Crippen LogP contribution < -0.4 is 10.2 Å². The van der Waals surface area contributed by atoms with Gasteiger partial charge in [-0.3, -0.25) is 4.79 Å². The third-order valence-electron chi connectivity index (χ3n) is 4.96. The Labute approximate surface area is 164 Å². The van der Waals surface area contributed by atoms with Crippen molar-refractivity contribution in [3.05, 3.63) is 47.2 Å². The van der Waals surface area contributed by atoms with Crippen molar-refractivity contribution in [3.8, 4) is 0 Å². The zero-order chi connectivity index (χ0) is 19.5. The average Bonchev–Trinajstić information content (AvgIpc) is 3.10. The Morgan fingerprint density at radius 3 is 2.79 bits per heavy atom. The van der Waals surface area contributed by atoms with Gasteiger partial charge in [-0.05, 0) is 56.9 Å². The van der Waals surface area contributed by atoms with Gasteiger partial charge in [-0.1, -0.05) is 0 Å². The van der Waals surface area contributed by atoms with Crippen molar-refractivity contribution >= 4 is 17.5 Å². The van der Waals surface area contributed by atoms with Crippen LogP contribution >= 0.6 is 0 Å². The zero-order valence-electron chi connectivity index (χ0n) is 16.4. The van der Waals surface area contributed by atoms with Gasteiger partial charge in [-0.2, -0.15) is 4.98 Å². The van der Waals surface area contributed by atoms with Crippen LogP contribution in [0, 0.1) is 13.8 Å². The number of nitrogens with one attached hydrogen (secondary N) is 1. The minimum atomic E-state index is -0.110. The van der Waals surface area contributed by atoms with E-state index in [9.17, 15) is 4.79 Å². The van der Waals surface area contributed by atoms with Crippen molar-refractivity contribution in [1.29, 1.82) is 0 Å². The molecule has 0 aliphatic carbocycles. The highest BCUT2D eigenvalue weighted by molar-refractivity contribution is 5.77. The summed E-state index contributed by atoms with van der Waals surface area (Å²) in [6, 6.07) is 5.94. The molecule has 0 unspecified atom stereocenters. The van der Waals surface area contributed by atoms with E-state index in [-0.39, 0.29) is 12.3 Å². The molecule has 0 bridgehead atoms. The van der Waals surface area contributed by atoms with E-state index in [0.29, 0.717) is 18.1 Å². The summed E-state index contributed by atoms with van der Waals surface area (Å²) < 4.78 is 1.67. The third-order valence-corrected chi connectivity index (χ3v) is 4.96. The fourth-order valence-electron chi connectivity index (χ4n) is 3.56. The second-order valence-electron chi connectivity index (χ2n) is 7.30. The summed E-state index contributed by atoms with van der Waals surface area (Å²) >= 11 is 0. The smallest absolute Gasteiger partial charge is 0.252 e. The summed E-state index contributed by atoms with van der Waals surface area (Å²) in [4.78, 5) is 27.9. The molecule has 4 heterocycles. The summed E-state index contributed by atoms with van der Waals surface area (Å²) in [7, 11) is 0. The van der Waals surface area contributed by atoms with E-state index in [1.807, 2.05) is 32.2 Å². The summed E-state index contributed by atoms with van der Waals surface area (Å²) in [6.45, 7) is 6.43. The maximum Gasteiger partial charge on any atom is 0.252 e. The van der Waals surface area contributed by atoms with Crippen molar-refractivity contribution in [2.45, 2.75) is 46.1 Å². The number of hydrogen-bond acceptors (Lipinski definition) is 6. The number of nitrogens with zero attached hydrogens (tertiary/aromatic N) is 6. The minimum absolute atomic E-state index is 0.110. The second kappa shape index (κ2) is 7.92. The molecule has 4 rings (SSSR count). The fourth-order valence-corrected chi connectivity index (χ4v) is 3.56. The Kier molecular flexibility index (Phi) is 5.18. The number of carbonyl (C=O) groups is 1. The molecule has 1 amide bonds. The van der Waals surface area contributed by atoms with Crippen LogP contribution in [0.3, 0.4) is 0 Å². The Hall–Kier alpha value is -3.03. The quantitative estimate of drug-likeness (QED) is 0.729. The molecule has 0 saturated carbocycles. The van der Waals surface area contributed by atoms with Crippen molar-refractivity contribution in [2.24, 2.45) is 0 Å². The van der Waals surface area contributed by atoms with Crippen LogP contribution in [-0.4, -0.2) is 43.6 Å². The molecule has 1 saturated heterocycles. The predicted octanol–water partition coefficient (Wildman–Crippen LogP) is 1.99. The number of piperidine rings is 1. The molecule has 28 heavy (non-hydrogen) atoms. The molecule has 3 aromatic heterocycles. The monoisotopic (exact) mass is 379 g/mol. The topological polar surface area (TPSA) is 88.3 Å². The van der Waals surface area contributed by atoms with Gasteiger partial charge in [-0.15, -0.1) is 5.10 Å². The van der Waals surface area contributed by atoms with Gasteiger partial charge in [0.05, 0.1) is 6.42 Å². The molecule has 1 aliphatic heterocycles. The highest BCUT2D eigenvalue weighted by Crippen LogP contribution is 2.18. The van der Waals surface area contributed by atoms with E-state index in [4.69, 9.17) is 0 Å². The van der Waals surface area contributed by atoms with Crippen LogP contribution in [0.15, 0.2) is 24.4 Å². The van der Waals surface area contributed by atoms with E-state index >= 15 is 0 Å². The fraction of sp³-hybridized carbons (Fsp3) is 0.450. The first-order valence-electron chi connectivity index (χ1n) is 9.75. The molecule has 3 aromatic rings. The molecule has 1 aliphatic rings. The first-order chi connectivity index (χ1) is 13.6. The average molecular weight is 379 g/mol. The number of rotatable bonds is 5. The number of aromatic nitrogens is 5. The van der Waals surface area contributed by atoms with Crippen LogP contribution in [0.1, 0.15) is 42.0 Å². The van der Waals surface area contributed by atoms with Crippen LogP contribution in [-0.2, 0) is 17.8 Å². The normalized spacial score (nSPS) is 14.4. The van der Waals surface area contributed by atoms with Gasteiger partial charge in [0.15, 0.2) is 5.82 Å². The predicted molar refractivity (Wildman–Crippen MR) is 106 cm³/mol. The van der Waals surface area contributed by atoms with Gasteiger partial charge in [-0.25, -0.2) is 14.5 Å². The molecular weight excluding hydrogens is 354 g/mol. The third kappa shape index (κ3) is 4.11. The maximum absolute atomic E-state index is 12.4. The highest BCUT2D eigenvalue weighted by atomic mass is 16.1. The van der Waals surface area contributed by atoms with Gasteiger partial charge in [0.1, 0.15) is 5.82 Å². The van der Waals surface area contributed by atoms with E-state index in [2.05, 4.69) is 36.3 Å². The van der Waals surface area contributed by atoms with Crippen LogP contribution in [0.2, 0.25) is 0 Å². The van der Waals surface area contributed by atoms with Crippen molar-refractivity contribution in [3.63, 3.8) is 0 Å². The number of amides is 1. The lowest BCUT2D eigenvalue weighted by molar-refractivity contribution is -0.120. The number of aryl methyl sites for hydroxylation is 2. The molecule has 8 nitrogen and oxygen atoms in total. The lowest BCUT2D eigenvalue weighted by Crippen LogP contribution is -2.30. The van der Waals surface area contributed by atoms with Crippen LogP contribution in [0.25, 0.3) is 5.78 Å². The first kappa shape index (κ1) is 18.3. The molecule has 1 fully saturated rings. The van der Waals surface area contributed by atoms with Gasteiger partial charge < -0.3 is 10.2 Å². The van der Waals surface area contributed by atoms with Gasteiger partial charge in [0.25, 0.3) is 5.78 Å². The molecular formula is C20H25N7O. The Morgan fingerprint density at radius 2 is 1.96 bits per heavy atom. The summed E-state index contributed by atoms with van der Waals surface area (Å²) in [5.74, 6) is 1.88.